The third kappa shape index (κ3) is 2.39. The van der Waals surface area contributed by atoms with Gasteiger partial charge in [-0.1, -0.05) is 23.2 Å². The summed E-state index contributed by atoms with van der Waals surface area (Å²) >= 11 is 12.2. The molecular weight excluding hydrogens is 269 g/mol. The van der Waals surface area contributed by atoms with Crippen LogP contribution in [0.5, 0.6) is 0 Å². The fraction of sp³-hybridized carbons (Fsp3) is 0.308. The van der Waals surface area contributed by atoms with Gasteiger partial charge in [0.25, 0.3) is 0 Å². The van der Waals surface area contributed by atoms with E-state index in [1.807, 2.05) is 31.6 Å². The first-order chi connectivity index (χ1) is 8.54. The zero-order valence-corrected chi connectivity index (χ0v) is 12.1. The highest BCUT2D eigenvalue weighted by molar-refractivity contribution is 6.34. The average Bonchev–Trinajstić information content (AvgIpc) is 2.61. The second-order valence-corrected chi connectivity index (χ2v) is 5.03. The van der Waals surface area contributed by atoms with Gasteiger partial charge in [0.15, 0.2) is 0 Å². The number of halogens is 2. The Kier molecular flexibility index (Phi) is 3.95. The van der Waals surface area contributed by atoms with Crippen LogP contribution in [0.4, 0.5) is 0 Å². The summed E-state index contributed by atoms with van der Waals surface area (Å²) in [5, 5.41) is 8.97. The van der Waals surface area contributed by atoms with Gasteiger partial charge in [0.1, 0.15) is 0 Å². The molecule has 0 saturated carbocycles. The van der Waals surface area contributed by atoms with E-state index in [0.717, 1.165) is 23.6 Å². The van der Waals surface area contributed by atoms with E-state index < -0.39 is 0 Å². The maximum Gasteiger partial charge on any atom is 0.0849 e. The monoisotopic (exact) mass is 283 g/mol. The van der Waals surface area contributed by atoms with E-state index in [0.29, 0.717) is 10.0 Å². The maximum atomic E-state index is 6.21. The van der Waals surface area contributed by atoms with E-state index >= 15 is 0 Å². The standard InChI is InChI=1S/C13H15Cl2N3/c1-8-11(7-16-3)9(2)18(17-8)13-6-10(14)4-5-12(13)15/h4-6,16H,7H2,1-3H3. The van der Waals surface area contributed by atoms with Crippen LogP contribution in [0.15, 0.2) is 18.2 Å². The summed E-state index contributed by atoms with van der Waals surface area (Å²) < 4.78 is 1.84. The minimum atomic E-state index is 0.640. The molecule has 0 bridgehead atoms. The van der Waals surface area contributed by atoms with Crippen molar-refractivity contribution in [3.05, 3.63) is 45.2 Å². The number of nitrogens with one attached hydrogen (secondary N) is 1. The number of hydrogen-bond acceptors (Lipinski definition) is 2. The second-order valence-electron chi connectivity index (χ2n) is 4.19. The van der Waals surface area contributed by atoms with E-state index in [4.69, 9.17) is 23.2 Å². The van der Waals surface area contributed by atoms with Gasteiger partial charge in [-0.15, -0.1) is 0 Å². The lowest BCUT2D eigenvalue weighted by Gasteiger charge is -2.08. The molecule has 0 radical (unpaired) electrons. The highest BCUT2D eigenvalue weighted by Crippen LogP contribution is 2.26. The quantitative estimate of drug-likeness (QED) is 0.934. The Labute approximate surface area is 117 Å². The number of aromatic nitrogens is 2. The molecule has 1 N–H and O–H groups in total. The Bertz CT molecular complexity index is 576. The first-order valence-electron chi connectivity index (χ1n) is 5.69. The van der Waals surface area contributed by atoms with Crippen molar-refractivity contribution >= 4 is 23.2 Å². The number of hydrogen-bond donors (Lipinski definition) is 1. The van der Waals surface area contributed by atoms with Gasteiger partial charge in [-0.05, 0) is 39.1 Å². The number of rotatable bonds is 3. The third-order valence-corrected chi connectivity index (χ3v) is 3.49. The molecule has 0 unspecified atom stereocenters. The van der Waals surface area contributed by atoms with Crippen LogP contribution in [-0.2, 0) is 6.54 Å². The smallest absolute Gasteiger partial charge is 0.0849 e. The molecule has 0 amide bonds. The van der Waals surface area contributed by atoms with E-state index in [1.165, 1.54) is 5.56 Å². The molecule has 96 valence electrons. The molecule has 0 fully saturated rings. The lowest BCUT2D eigenvalue weighted by Crippen LogP contribution is -2.07. The van der Waals surface area contributed by atoms with E-state index in [1.54, 1.807) is 12.1 Å². The molecular formula is C13H15Cl2N3. The highest BCUT2D eigenvalue weighted by atomic mass is 35.5. The average molecular weight is 284 g/mol. The molecule has 2 aromatic rings. The van der Waals surface area contributed by atoms with Crippen LogP contribution in [0.3, 0.4) is 0 Å². The predicted molar refractivity (Wildman–Crippen MR) is 75.8 cm³/mol. The molecule has 0 saturated heterocycles. The van der Waals surface area contributed by atoms with Crippen LogP contribution in [-0.4, -0.2) is 16.8 Å². The normalized spacial score (nSPS) is 10.9. The summed E-state index contributed by atoms with van der Waals surface area (Å²) in [5.74, 6) is 0. The van der Waals surface area contributed by atoms with E-state index in [2.05, 4.69) is 10.4 Å². The molecule has 1 aromatic carbocycles. The van der Waals surface area contributed by atoms with Crippen LogP contribution in [0.1, 0.15) is 17.0 Å². The van der Waals surface area contributed by atoms with Gasteiger partial charge in [-0.3, -0.25) is 0 Å². The van der Waals surface area contributed by atoms with Crippen LogP contribution in [0.25, 0.3) is 5.69 Å². The van der Waals surface area contributed by atoms with Crippen LogP contribution in [0.2, 0.25) is 10.0 Å². The third-order valence-electron chi connectivity index (χ3n) is 2.93. The lowest BCUT2D eigenvalue weighted by molar-refractivity contribution is 0.801. The molecule has 3 nitrogen and oxygen atoms in total. The van der Waals surface area contributed by atoms with Crippen molar-refractivity contribution in [1.29, 1.82) is 0 Å². The zero-order valence-electron chi connectivity index (χ0n) is 10.6. The predicted octanol–water partition coefficient (Wildman–Crippen LogP) is 3.52. The molecule has 1 aromatic heterocycles. The van der Waals surface area contributed by atoms with Gasteiger partial charge in [0, 0.05) is 22.8 Å². The van der Waals surface area contributed by atoms with Crippen molar-refractivity contribution in [1.82, 2.24) is 15.1 Å². The Morgan fingerprint density at radius 1 is 1.28 bits per heavy atom. The van der Waals surface area contributed by atoms with Crippen LogP contribution in [0, 0.1) is 13.8 Å². The Balaban J connectivity index is 2.57. The van der Waals surface area contributed by atoms with Crippen molar-refractivity contribution in [2.75, 3.05) is 7.05 Å². The fourth-order valence-electron chi connectivity index (χ4n) is 1.99. The molecule has 18 heavy (non-hydrogen) atoms. The molecule has 0 atom stereocenters. The van der Waals surface area contributed by atoms with Crippen LogP contribution >= 0.6 is 23.2 Å². The number of benzene rings is 1. The van der Waals surface area contributed by atoms with E-state index in [9.17, 15) is 0 Å². The minimum Gasteiger partial charge on any atom is -0.316 e. The Morgan fingerprint density at radius 3 is 2.67 bits per heavy atom. The zero-order chi connectivity index (χ0) is 13.3. The highest BCUT2D eigenvalue weighted by Gasteiger charge is 2.14. The van der Waals surface area contributed by atoms with E-state index in [-0.39, 0.29) is 0 Å². The minimum absolute atomic E-state index is 0.640. The fourth-order valence-corrected chi connectivity index (χ4v) is 2.35. The maximum absolute atomic E-state index is 6.21. The Morgan fingerprint density at radius 2 is 2.00 bits per heavy atom. The van der Waals surface area contributed by atoms with Gasteiger partial charge < -0.3 is 5.32 Å². The van der Waals surface area contributed by atoms with Gasteiger partial charge in [0.05, 0.1) is 16.4 Å². The molecule has 2 rings (SSSR count). The topological polar surface area (TPSA) is 29.9 Å². The summed E-state index contributed by atoms with van der Waals surface area (Å²) in [7, 11) is 1.92. The molecule has 0 aliphatic rings. The van der Waals surface area contributed by atoms with Crippen molar-refractivity contribution in [3.8, 4) is 5.69 Å². The van der Waals surface area contributed by atoms with Crippen molar-refractivity contribution in [2.24, 2.45) is 0 Å². The van der Waals surface area contributed by atoms with Gasteiger partial charge in [-0.2, -0.15) is 5.10 Å². The first-order valence-corrected chi connectivity index (χ1v) is 6.45. The lowest BCUT2D eigenvalue weighted by atomic mass is 10.2. The molecule has 0 spiro atoms. The number of aryl methyl sites for hydroxylation is 1. The Hall–Kier alpha value is -1.03. The molecule has 1 heterocycles. The van der Waals surface area contributed by atoms with Crippen molar-refractivity contribution < 1.29 is 0 Å². The van der Waals surface area contributed by atoms with Crippen LogP contribution < -0.4 is 5.32 Å². The van der Waals surface area contributed by atoms with Gasteiger partial charge in [0.2, 0.25) is 0 Å². The SMILES string of the molecule is CNCc1c(C)nn(-c2cc(Cl)ccc2Cl)c1C. The van der Waals surface area contributed by atoms with Gasteiger partial charge in [-0.25, -0.2) is 4.68 Å². The molecule has 0 aliphatic carbocycles. The largest absolute Gasteiger partial charge is 0.316 e. The summed E-state index contributed by atoms with van der Waals surface area (Å²) in [6.45, 7) is 4.81. The molecule has 5 heteroatoms. The summed E-state index contributed by atoms with van der Waals surface area (Å²) in [5.41, 5.74) is 4.07. The molecule has 0 aliphatic heterocycles. The van der Waals surface area contributed by atoms with Crippen molar-refractivity contribution in [2.45, 2.75) is 20.4 Å². The summed E-state index contributed by atoms with van der Waals surface area (Å²) in [6, 6.07) is 5.38. The van der Waals surface area contributed by atoms with Crippen molar-refractivity contribution in [3.63, 3.8) is 0 Å². The summed E-state index contributed by atoms with van der Waals surface area (Å²) in [4.78, 5) is 0. The second kappa shape index (κ2) is 5.31. The summed E-state index contributed by atoms with van der Waals surface area (Å²) in [6.07, 6.45) is 0. The first kappa shape index (κ1) is 13.4. The number of nitrogens with zero attached hydrogens (tertiary/aromatic N) is 2. The van der Waals surface area contributed by atoms with Gasteiger partial charge >= 0.3 is 0 Å².